The number of ether oxygens (including phenoxy) is 2. The molecule has 0 spiro atoms. The van der Waals surface area contributed by atoms with Crippen LogP contribution in [0.3, 0.4) is 0 Å². The maximum atomic E-state index is 12.0. The van der Waals surface area contributed by atoms with Crippen molar-refractivity contribution in [3.8, 4) is 0 Å². The van der Waals surface area contributed by atoms with Gasteiger partial charge in [-0.2, -0.15) is 0 Å². The quantitative estimate of drug-likeness (QED) is 0.419. The van der Waals surface area contributed by atoms with Crippen LogP contribution in [0.15, 0.2) is 42.5 Å². The highest BCUT2D eigenvalue weighted by atomic mass is 16.6. The summed E-state index contributed by atoms with van der Waals surface area (Å²) in [6, 6.07) is 11.8. The van der Waals surface area contributed by atoms with Crippen LogP contribution in [0.25, 0.3) is 0 Å². The van der Waals surface area contributed by atoms with Gasteiger partial charge in [0, 0.05) is 43.1 Å². The first-order valence-corrected chi connectivity index (χ1v) is 9.42. The van der Waals surface area contributed by atoms with Gasteiger partial charge in [0.2, 0.25) is 0 Å². The molecule has 1 aliphatic rings. The molecule has 1 heterocycles. The molecule has 0 aliphatic carbocycles. The van der Waals surface area contributed by atoms with Crippen LogP contribution in [0.1, 0.15) is 27.6 Å². The Labute approximate surface area is 173 Å². The van der Waals surface area contributed by atoms with Gasteiger partial charge in [-0.1, -0.05) is 0 Å². The van der Waals surface area contributed by atoms with E-state index in [1.54, 1.807) is 18.2 Å². The van der Waals surface area contributed by atoms with E-state index in [1.807, 2.05) is 19.1 Å². The molecule has 3 rings (SSSR count). The zero-order valence-electron chi connectivity index (χ0n) is 17.0. The van der Waals surface area contributed by atoms with Crippen molar-refractivity contribution in [1.82, 2.24) is 0 Å². The van der Waals surface area contributed by atoms with Gasteiger partial charge in [0.1, 0.15) is 5.56 Å². The third-order valence-corrected chi connectivity index (χ3v) is 5.19. The first-order valence-electron chi connectivity index (χ1n) is 9.42. The van der Waals surface area contributed by atoms with Crippen LogP contribution in [0.5, 0.6) is 0 Å². The topological polar surface area (TPSA) is 102 Å². The van der Waals surface area contributed by atoms with Crippen LogP contribution in [-0.4, -0.2) is 56.8 Å². The molecule has 0 bridgehead atoms. The molecule has 1 unspecified atom stereocenters. The standard InChI is InChI=1S/C21H23N3O6/c1-14-13-22(16-6-4-15(5-7-16)20(25)29-2)10-11-23(14)17-8-9-19(24(27)28)18(12-17)21(26)30-3/h4-9,12,14H,10-11,13H2,1-3H3. The summed E-state index contributed by atoms with van der Waals surface area (Å²) in [5.74, 6) is -1.11. The maximum Gasteiger partial charge on any atom is 0.344 e. The van der Waals surface area contributed by atoms with Gasteiger partial charge >= 0.3 is 11.9 Å². The minimum Gasteiger partial charge on any atom is -0.465 e. The van der Waals surface area contributed by atoms with Gasteiger partial charge in [-0.25, -0.2) is 9.59 Å². The van der Waals surface area contributed by atoms with E-state index in [0.29, 0.717) is 25.2 Å². The van der Waals surface area contributed by atoms with Crippen LogP contribution < -0.4 is 9.80 Å². The van der Waals surface area contributed by atoms with Crippen LogP contribution in [-0.2, 0) is 9.47 Å². The fraction of sp³-hybridized carbons (Fsp3) is 0.333. The third-order valence-electron chi connectivity index (χ3n) is 5.19. The van der Waals surface area contributed by atoms with Crippen molar-refractivity contribution in [3.05, 3.63) is 63.7 Å². The fourth-order valence-corrected chi connectivity index (χ4v) is 3.64. The highest BCUT2D eigenvalue weighted by molar-refractivity contribution is 5.95. The number of piperazine rings is 1. The summed E-state index contributed by atoms with van der Waals surface area (Å²) in [5.41, 5.74) is 1.88. The fourth-order valence-electron chi connectivity index (χ4n) is 3.64. The summed E-state index contributed by atoms with van der Waals surface area (Å²) < 4.78 is 9.43. The van der Waals surface area contributed by atoms with Crippen LogP contribution in [0.4, 0.5) is 17.1 Å². The van der Waals surface area contributed by atoms with E-state index in [9.17, 15) is 19.7 Å². The van der Waals surface area contributed by atoms with Crippen molar-refractivity contribution < 1.29 is 24.0 Å². The molecule has 0 amide bonds. The lowest BCUT2D eigenvalue weighted by atomic mass is 10.1. The minimum atomic E-state index is -0.736. The number of anilines is 2. The van der Waals surface area contributed by atoms with Gasteiger partial charge in [0.05, 0.1) is 24.7 Å². The number of hydrogen-bond donors (Lipinski definition) is 0. The predicted octanol–water partition coefficient (Wildman–Crippen LogP) is 2.88. The molecule has 0 aromatic heterocycles. The number of nitro groups is 1. The highest BCUT2D eigenvalue weighted by Gasteiger charge is 2.27. The second-order valence-electron chi connectivity index (χ2n) is 6.98. The van der Waals surface area contributed by atoms with Gasteiger partial charge in [-0.05, 0) is 43.3 Å². The van der Waals surface area contributed by atoms with Crippen LogP contribution in [0, 0.1) is 10.1 Å². The maximum absolute atomic E-state index is 12.0. The summed E-state index contributed by atoms with van der Waals surface area (Å²) in [4.78, 5) is 38.6. The van der Waals surface area contributed by atoms with Crippen molar-refractivity contribution in [1.29, 1.82) is 0 Å². The Morgan fingerprint density at radius 3 is 2.20 bits per heavy atom. The Morgan fingerprint density at radius 2 is 1.63 bits per heavy atom. The molecule has 0 radical (unpaired) electrons. The average Bonchev–Trinajstić information content (AvgIpc) is 2.77. The lowest BCUT2D eigenvalue weighted by Gasteiger charge is -2.42. The second-order valence-corrected chi connectivity index (χ2v) is 6.98. The number of carbonyl (C=O) groups excluding carboxylic acids is 2. The average molecular weight is 413 g/mol. The number of benzene rings is 2. The monoisotopic (exact) mass is 413 g/mol. The number of nitro benzene ring substituents is 1. The van der Waals surface area contributed by atoms with Crippen molar-refractivity contribution in [2.24, 2.45) is 0 Å². The Hall–Kier alpha value is -3.62. The number of rotatable bonds is 5. The van der Waals surface area contributed by atoms with E-state index in [2.05, 4.69) is 9.80 Å². The Morgan fingerprint density at radius 1 is 1.00 bits per heavy atom. The van der Waals surface area contributed by atoms with E-state index >= 15 is 0 Å². The molecule has 30 heavy (non-hydrogen) atoms. The summed E-state index contributed by atoms with van der Waals surface area (Å²) in [6.07, 6.45) is 0. The molecule has 0 saturated carbocycles. The van der Waals surface area contributed by atoms with E-state index in [4.69, 9.17) is 9.47 Å². The lowest BCUT2D eigenvalue weighted by Crippen LogP contribution is -2.52. The first-order chi connectivity index (χ1) is 14.3. The van der Waals surface area contributed by atoms with Gasteiger partial charge in [0.25, 0.3) is 5.69 Å². The molecule has 2 aromatic carbocycles. The smallest absolute Gasteiger partial charge is 0.344 e. The van der Waals surface area contributed by atoms with Crippen molar-refractivity contribution >= 4 is 29.0 Å². The third kappa shape index (κ3) is 4.19. The van der Waals surface area contributed by atoms with Crippen molar-refractivity contribution in [2.75, 3.05) is 43.7 Å². The molecule has 1 saturated heterocycles. The first kappa shape index (κ1) is 21.1. The number of methoxy groups -OCH3 is 2. The summed E-state index contributed by atoms with van der Waals surface area (Å²) in [7, 11) is 2.55. The molecular formula is C21H23N3O6. The zero-order valence-corrected chi connectivity index (χ0v) is 17.0. The summed E-state index contributed by atoms with van der Waals surface area (Å²) in [6.45, 7) is 4.14. The molecule has 1 aliphatic heterocycles. The number of carbonyl (C=O) groups is 2. The normalized spacial score (nSPS) is 16.2. The van der Waals surface area contributed by atoms with E-state index in [0.717, 1.165) is 11.4 Å². The summed E-state index contributed by atoms with van der Waals surface area (Å²) >= 11 is 0. The number of nitrogens with zero attached hydrogens (tertiary/aromatic N) is 3. The molecule has 1 atom stereocenters. The largest absolute Gasteiger partial charge is 0.465 e. The molecule has 9 nitrogen and oxygen atoms in total. The van der Waals surface area contributed by atoms with E-state index in [-0.39, 0.29) is 23.3 Å². The Balaban J connectivity index is 1.78. The zero-order chi connectivity index (χ0) is 21.8. The van der Waals surface area contributed by atoms with E-state index in [1.165, 1.54) is 26.4 Å². The molecular weight excluding hydrogens is 390 g/mol. The van der Waals surface area contributed by atoms with Crippen LogP contribution in [0.2, 0.25) is 0 Å². The van der Waals surface area contributed by atoms with Crippen molar-refractivity contribution in [2.45, 2.75) is 13.0 Å². The predicted molar refractivity (Wildman–Crippen MR) is 111 cm³/mol. The van der Waals surface area contributed by atoms with Gasteiger partial charge < -0.3 is 19.3 Å². The number of hydrogen-bond acceptors (Lipinski definition) is 8. The summed E-state index contributed by atoms with van der Waals surface area (Å²) in [5, 5.41) is 11.2. The minimum absolute atomic E-state index is 0.0620. The SMILES string of the molecule is COC(=O)c1ccc(N2CCN(c3ccc([N+](=O)[O-])c(C(=O)OC)c3)C(C)C2)cc1. The number of esters is 2. The molecule has 0 N–H and O–H groups in total. The van der Waals surface area contributed by atoms with Gasteiger partial charge in [-0.3, -0.25) is 10.1 Å². The van der Waals surface area contributed by atoms with Gasteiger partial charge in [-0.15, -0.1) is 0 Å². The lowest BCUT2D eigenvalue weighted by molar-refractivity contribution is -0.385. The molecule has 1 fully saturated rings. The van der Waals surface area contributed by atoms with E-state index < -0.39 is 10.9 Å². The Kier molecular flexibility index (Phi) is 6.20. The second kappa shape index (κ2) is 8.81. The van der Waals surface area contributed by atoms with Crippen molar-refractivity contribution in [3.63, 3.8) is 0 Å². The molecule has 9 heteroatoms. The van der Waals surface area contributed by atoms with Gasteiger partial charge in [0.15, 0.2) is 0 Å². The molecule has 2 aromatic rings. The Bertz CT molecular complexity index is 960. The highest BCUT2D eigenvalue weighted by Crippen LogP contribution is 2.29. The van der Waals surface area contributed by atoms with Crippen LogP contribution >= 0.6 is 0 Å². The molecule has 158 valence electrons.